The number of anilines is 2. The number of rotatable bonds is 3. The van der Waals surface area contributed by atoms with Gasteiger partial charge in [0.25, 0.3) is 0 Å². The zero-order valence-corrected chi connectivity index (χ0v) is 9.10. The van der Waals surface area contributed by atoms with Crippen LogP contribution in [0.15, 0.2) is 12.4 Å². The Kier molecular flexibility index (Phi) is 2.40. The van der Waals surface area contributed by atoms with Gasteiger partial charge in [0.05, 0.1) is 24.5 Å². The van der Waals surface area contributed by atoms with Crippen LogP contribution in [0.5, 0.6) is 0 Å². The Morgan fingerprint density at radius 2 is 2.12 bits per heavy atom. The zero-order valence-electron chi connectivity index (χ0n) is 9.10. The number of nitrogens with zero attached hydrogens (tertiary/aromatic N) is 2. The molecule has 2 unspecified atom stereocenters. The van der Waals surface area contributed by atoms with Crippen molar-refractivity contribution >= 4 is 11.6 Å². The number of hydrogen-bond acceptors (Lipinski definition) is 5. The van der Waals surface area contributed by atoms with E-state index in [2.05, 4.69) is 15.3 Å². The van der Waals surface area contributed by atoms with Crippen LogP contribution in [0, 0.1) is 5.92 Å². The van der Waals surface area contributed by atoms with Gasteiger partial charge in [-0.05, 0) is 25.2 Å². The van der Waals surface area contributed by atoms with E-state index in [0.717, 1.165) is 24.8 Å². The topological polar surface area (TPSA) is 73.1 Å². The smallest absolute Gasteiger partial charge is 0.144 e. The van der Waals surface area contributed by atoms with Gasteiger partial charge in [0.15, 0.2) is 0 Å². The summed E-state index contributed by atoms with van der Waals surface area (Å²) in [5.74, 6) is 1.99. The molecule has 1 aliphatic carbocycles. The van der Waals surface area contributed by atoms with E-state index in [4.69, 9.17) is 10.5 Å². The predicted molar refractivity (Wildman–Crippen MR) is 60.9 cm³/mol. The van der Waals surface area contributed by atoms with Gasteiger partial charge in [0.2, 0.25) is 0 Å². The van der Waals surface area contributed by atoms with Crippen molar-refractivity contribution in [3.63, 3.8) is 0 Å². The lowest BCUT2D eigenvalue weighted by molar-refractivity contribution is 0.0898. The summed E-state index contributed by atoms with van der Waals surface area (Å²) < 4.78 is 5.75. The number of hydrogen-bond donors (Lipinski definition) is 2. The fourth-order valence-corrected chi connectivity index (χ4v) is 2.26. The van der Waals surface area contributed by atoms with Gasteiger partial charge in [0.1, 0.15) is 11.6 Å². The van der Waals surface area contributed by atoms with Crippen LogP contribution in [0.25, 0.3) is 0 Å². The average molecular weight is 220 g/mol. The zero-order chi connectivity index (χ0) is 11.0. The van der Waals surface area contributed by atoms with E-state index in [9.17, 15) is 0 Å². The summed E-state index contributed by atoms with van der Waals surface area (Å²) in [4.78, 5) is 8.22. The lowest BCUT2D eigenvalue weighted by Crippen LogP contribution is -2.31. The van der Waals surface area contributed by atoms with Gasteiger partial charge < -0.3 is 15.8 Å². The second-order valence-corrected chi connectivity index (χ2v) is 4.54. The summed E-state index contributed by atoms with van der Waals surface area (Å²) in [6, 6.07) is 0.380. The largest absolute Gasteiger partial charge is 0.382 e. The molecule has 86 valence electrons. The molecule has 0 radical (unpaired) electrons. The fraction of sp³-hybridized carbons (Fsp3) is 0.636. The molecule has 5 heteroatoms. The van der Waals surface area contributed by atoms with Gasteiger partial charge in [-0.2, -0.15) is 0 Å². The fourth-order valence-electron chi connectivity index (χ4n) is 2.26. The molecule has 5 nitrogen and oxygen atoms in total. The maximum Gasteiger partial charge on any atom is 0.144 e. The molecule has 2 heterocycles. The summed E-state index contributed by atoms with van der Waals surface area (Å²) >= 11 is 0. The molecular weight excluding hydrogens is 204 g/mol. The number of ether oxygens (including phenoxy) is 1. The van der Waals surface area contributed by atoms with E-state index in [0.29, 0.717) is 18.0 Å². The normalized spacial score (nSPS) is 29.2. The third kappa shape index (κ3) is 1.95. The van der Waals surface area contributed by atoms with E-state index in [1.54, 1.807) is 12.4 Å². The number of nitrogens with two attached hydrogens (primary N) is 1. The molecule has 0 aromatic carbocycles. The minimum absolute atomic E-state index is 0.361. The summed E-state index contributed by atoms with van der Waals surface area (Å²) in [5, 5.41) is 3.39. The van der Waals surface area contributed by atoms with Crippen LogP contribution in [-0.2, 0) is 4.74 Å². The second kappa shape index (κ2) is 3.90. The highest BCUT2D eigenvalue weighted by molar-refractivity contribution is 5.37. The summed E-state index contributed by atoms with van der Waals surface area (Å²) in [6.07, 6.45) is 7.26. The predicted octanol–water partition coefficient (Wildman–Crippen LogP) is 1.04. The van der Waals surface area contributed by atoms with Crippen LogP contribution in [0.4, 0.5) is 11.6 Å². The van der Waals surface area contributed by atoms with E-state index >= 15 is 0 Å². The van der Waals surface area contributed by atoms with Gasteiger partial charge in [-0.3, -0.25) is 0 Å². The maximum absolute atomic E-state index is 5.75. The van der Waals surface area contributed by atoms with Crippen molar-refractivity contribution < 1.29 is 4.74 Å². The number of aromatic nitrogens is 2. The minimum Gasteiger partial charge on any atom is -0.382 e. The van der Waals surface area contributed by atoms with E-state index < -0.39 is 0 Å². The van der Waals surface area contributed by atoms with Gasteiger partial charge in [-0.1, -0.05) is 0 Å². The quantitative estimate of drug-likeness (QED) is 0.796. The van der Waals surface area contributed by atoms with Crippen molar-refractivity contribution in [2.45, 2.75) is 31.4 Å². The Morgan fingerprint density at radius 1 is 1.25 bits per heavy atom. The Labute approximate surface area is 94.4 Å². The molecule has 1 aromatic heterocycles. The molecule has 2 fully saturated rings. The molecule has 2 aliphatic rings. The second-order valence-electron chi connectivity index (χ2n) is 4.54. The van der Waals surface area contributed by atoms with Gasteiger partial charge in [0, 0.05) is 6.61 Å². The van der Waals surface area contributed by atoms with Crippen LogP contribution in [0.2, 0.25) is 0 Å². The number of nitrogen functional groups attached to an aromatic ring is 1. The summed E-state index contributed by atoms with van der Waals surface area (Å²) in [6.45, 7) is 0.848. The lowest BCUT2D eigenvalue weighted by Gasteiger charge is -2.19. The van der Waals surface area contributed by atoms with Crippen molar-refractivity contribution in [1.82, 2.24) is 9.97 Å². The van der Waals surface area contributed by atoms with E-state index in [1.165, 1.54) is 12.8 Å². The molecule has 0 amide bonds. The molecule has 16 heavy (non-hydrogen) atoms. The first-order valence-corrected chi connectivity index (χ1v) is 5.78. The average Bonchev–Trinajstić information content (AvgIpc) is 3.03. The molecule has 2 atom stereocenters. The Morgan fingerprint density at radius 3 is 2.81 bits per heavy atom. The Balaban J connectivity index is 1.66. The van der Waals surface area contributed by atoms with Gasteiger partial charge >= 0.3 is 0 Å². The molecule has 1 saturated carbocycles. The van der Waals surface area contributed by atoms with Gasteiger partial charge in [-0.15, -0.1) is 0 Å². The molecule has 1 saturated heterocycles. The van der Waals surface area contributed by atoms with Crippen molar-refractivity contribution in [2.75, 3.05) is 17.7 Å². The van der Waals surface area contributed by atoms with Gasteiger partial charge in [-0.25, -0.2) is 9.97 Å². The minimum atomic E-state index is 0.361. The molecule has 1 aromatic rings. The van der Waals surface area contributed by atoms with E-state index in [1.807, 2.05) is 0 Å². The standard InChI is InChI=1S/C11H16N4O/c12-9-5-14-10(6-13-9)15-8-3-4-16-11(8)7-1-2-7/h5-8,11H,1-4H2,(H2,12,13)(H,14,15). The van der Waals surface area contributed by atoms with Crippen LogP contribution in [-0.4, -0.2) is 28.7 Å². The summed E-state index contributed by atoms with van der Waals surface area (Å²) in [7, 11) is 0. The third-order valence-electron chi connectivity index (χ3n) is 3.23. The van der Waals surface area contributed by atoms with Crippen molar-refractivity contribution in [1.29, 1.82) is 0 Å². The van der Waals surface area contributed by atoms with Crippen molar-refractivity contribution in [3.8, 4) is 0 Å². The monoisotopic (exact) mass is 220 g/mol. The third-order valence-corrected chi connectivity index (χ3v) is 3.23. The van der Waals surface area contributed by atoms with Crippen LogP contribution in [0.1, 0.15) is 19.3 Å². The Hall–Kier alpha value is -1.36. The van der Waals surface area contributed by atoms with Crippen molar-refractivity contribution in [3.05, 3.63) is 12.4 Å². The molecule has 3 N–H and O–H groups in total. The summed E-state index contributed by atoms with van der Waals surface area (Å²) in [5.41, 5.74) is 5.49. The Bertz CT molecular complexity index is 363. The highest BCUT2D eigenvalue weighted by Gasteiger charge is 2.40. The molecule has 0 bridgehead atoms. The molecular formula is C11H16N4O. The van der Waals surface area contributed by atoms with Crippen LogP contribution >= 0.6 is 0 Å². The molecule has 1 aliphatic heterocycles. The van der Waals surface area contributed by atoms with Crippen LogP contribution < -0.4 is 11.1 Å². The SMILES string of the molecule is Nc1cnc(NC2CCOC2C2CC2)cn1. The van der Waals surface area contributed by atoms with Crippen molar-refractivity contribution in [2.24, 2.45) is 5.92 Å². The first-order chi connectivity index (χ1) is 7.83. The molecule has 3 rings (SSSR count). The first kappa shape index (κ1) is 9.84. The highest BCUT2D eigenvalue weighted by atomic mass is 16.5. The molecule has 0 spiro atoms. The van der Waals surface area contributed by atoms with E-state index in [-0.39, 0.29) is 0 Å². The van der Waals surface area contributed by atoms with Crippen LogP contribution in [0.3, 0.4) is 0 Å². The highest BCUT2D eigenvalue weighted by Crippen LogP contribution is 2.39. The lowest BCUT2D eigenvalue weighted by atomic mass is 10.1. The maximum atomic E-state index is 5.75. The number of nitrogens with one attached hydrogen (secondary N) is 1. The first-order valence-electron chi connectivity index (χ1n) is 5.78.